The van der Waals surface area contributed by atoms with Crippen molar-refractivity contribution in [1.29, 1.82) is 0 Å². The van der Waals surface area contributed by atoms with E-state index in [0.717, 1.165) is 13.0 Å². The first-order chi connectivity index (χ1) is 18.5. The Labute approximate surface area is 224 Å². The zero-order chi connectivity index (χ0) is 27.7. The van der Waals surface area contributed by atoms with E-state index in [-0.39, 0.29) is 56.9 Å². The monoisotopic (exact) mass is 543 g/mol. The van der Waals surface area contributed by atoms with Crippen molar-refractivity contribution >= 4 is 17.8 Å². The number of hydrogen-bond donors (Lipinski definition) is 0. The number of nitro benzene ring substituents is 1. The molecule has 0 heterocycles. The standard InChI is InChI=1S/C26H41NO11/c1-2-3-4-5-6-13-32-15-16-33-14-7-8-25(28)36-21-19-34-17-18-35-20-22-37-26(29)38-24-11-9-23(10-12-24)27(30)31/h9-12H,2-8,13-22H2,1H3. The highest BCUT2D eigenvalue weighted by Gasteiger charge is 2.09. The third-order valence-corrected chi connectivity index (χ3v) is 4.99. The quantitative estimate of drug-likeness (QED) is 0.0599. The summed E-state index contributed by atoms with van der Waals surface area (Å²) in [7, 11) is 0. The second kappa shape index (κ2) is 23.3. The summed E-state index contributed by atoms with van der Waals surface area (Å²) in [5, 5.41) is 10.6. The van der Waals surface area contributed by atoms with E-state index < -0.39 is 11.1 Å². The highest BCUT2D eigenvalue weighted by Crippen LogP contribution is 2.17. The maximum Gasteiger partial charge on any atom is 0.513 e. The number of nitrogens with zero attached hydrogens (tertiary/aromatic N) is 1. The van der Waals surface area contributed by atoms with Gasteiger partial charge in [0.15, 0.2) is 0 Å². The maximum absolute atomic E-state index is 11.7. The molecule has 1 aromatic carbocycles. The molecule has 0 saturated carbocycles. The third-order valence-electron chi connectivity index (χ3n) is 4.99. The molecular formula is C26H41NO11. The van der Waals surface area contributed by atoms with Crippen molar-refractivity contribution in [3.05, 3.63) is 34.4 Å². The molecule has 12 nitrogen and oxygen atoms in total. The first kappa shape index (κ1) is 33.2. The van der Waals surface area contributed by atoms with Gasteiger partial charge in [-0.05, 0) is 25.0 Å². The number of nitro groups is 1. The first-order valence-electron chi connectivity index (χ1n) is 13.1. The first-order valence-corrected chi connectivity index (χ1v) is 13.1. The average Bonchev–Trinajstić information content (AvgIpc) is 2.90. The van der Waals surface area contributed by atoms with Gasteiger partial charge in [-0.3, -0.25) is 14.9 Å². The molecule has 0 saturated heterocycles. The molecule has 0 bridgehead atoms. The number of non-ortho nitro benzene ring substituents is 1. The molecule has 0 radical (unpaired) electrons. The van der Waals surface area contributed by atoms with Crippen molar-refractivity contribution in [1.82, 2.24) is 0 Å². The lowest BCUT2D eigenvalue weighted by atomic mass is 10.2. The highest BCUT2D eigenvalue weighted by molar-refractivity contribution is 5.69. The van der Waals surface area contributed by atoms with Crippen molar-refractivity contribution in [2.45, 2.75) is 51.9 Å². The van der Waals surface area contributed by atoms with Crippen molar-refractivity contribution in [3.8, 4) is 5.75 Å². The van der Waals surface area contributed by atoms with Gasteiger partial charge in [0.2, 0.25) is 0 Å². The second-order valence-corrected chi connectivity index (χ2v) is 8.14. The lowest BCUT2D eigenvalue weighted by Crippen LogP contribution is -2.16. The zero-order valence-electron chi connectivity index (χ0n) is 22.3. The van der Waals surface area contributed by atoms with E-state index in [0.29, 0.717) is 32.8 Å². The summed E-state index contributed by atoms with van der Waals surface area (Å²) in [4.78, 5) is 33.3. The Hall–Kier alpha value is -2.80. The van der Waals surface area contributed by atoms with Crippen molar-refractivity contribution < 1.29 is 47.7 Å². The SMILES string of the molecule is CCCCCCCOCCOCCCC(=O)OCCOCCOCCOC(=O)Oc1ccc([N+](=O)[O-])cc1. The van der Waals surface area contributed by atoms with Crippen LogP contribution >= 0.6 is 0 Å². The summed E-state index contributed by atoms with van der Waals surface area (Å²) in [5.41, 5.74) is -0.110. The van der Waals surface area contributed by atoms with Gasteiger partial charge in [0, 0.05) is 31.8 Å². The summed E-state index contributed by atoms with van der Waals surface area (Å²) in [5.74, 6) is -0.164. The number of carbonyl (C=O) groups is 2. The van der Waals surface area contributed by atoms with Crippen molar-refractivity contribution in [2.75, 3.05) is 66.1 Å². The average molecular weight is 544 g/mol. The van der Waals surface area contributed by atoms with E-state index in [1.54, 1.807) is 0 Å². The lowest BCUT2D eigenvalue weighted by molar-refractivity contribution is -0.384. The summed E-state index contributed by atoms with van der Waals surface area (Å²) in [6, 6.07) is 5.04. The number of esters is 1. The molecule has 0 amide bonds. The Morgan fingerprint density at radius 3 is 1.82 bits per heavy atom. The van der Waals surface area contributed by atoms with Gasteiger partial charge in [-0.2, -0.15) is 0 Å². The van der Waals surface area contributed by atoms with Gasteiger partial charge in [0.1, 0.15) is 19.0 Å². The molecule has 0 aliphatic heterocycles. The van der Waals surface area contributed by atoms with Gasteiger partial charge in [-0.1, -0.05) is 32.6 Å². The molecule has 38 heavy (non-hydrogen) atoms. The number of unbranched alkanes of at least 4 members (excludes halogenated alkanes) is 4. The van der Waals surface area contributed by atoms with Gasteiger partial charge < -0.3 is 33.2 Å². The van der Waals surface area contributed by atoms with Crippen molar-refractivity contribution in [3.63, 3.8) is 0 Å². The number of carbonyl (C=O) groups excluding carboxylic acids is 2. The number of ether oxygens (including phenoxy) is 7. The number of hydrogen-bond acceptors (Lipinski definition) is 11. The zero-order valence-corrected chi connectivity index (χ0v) is 22.3. The Morgan fingerprint density at radius 1 is 0.684 bits per heavy atom. The summed E-state index contributed by atoms with van der Waals surface area (Å²) < 4.78 is 36.4. The van der Waals surface area contributed by atoms with Crippen LogP contribution in [0.3, 0.4) is 0 Å². The highest BCUT2D eigenvalue weighted by atomic mass is 16.7. The summed E-state index contributed by atoms with van der Waals surface area (Å²) in [6.07, 6.45) is 6.02. The van der Waals surface area contributed by atoms with Crippen LogP contribution in [0.15, 0.2) is 24.3 Å². The largest absolute Gasteiger partial charge is 0.513 e. The number of benzene rings is 1. The van der Waals surface area contributed by atoms with E-state index in [1.165, 1.54) is 49.9 Å². The molecule has 0 spiro atoms. The molecule has 0 unspecified atom stereocenters. The lowest BCUT2D eigenvalue weighted by Gasteiger charge is -2.08. The van der Waals surface area contributed by atoms with E-state index in [2.05, 4.69) is 6.92 Å². The molecule has 0 fully saturated rings. The minimum Gasteiger partial charge on any atom is -0.463 e. The normalized spacial score (nSPS) is 10.8. The van der Waals surface area contributed by atoms with Crippen LogP contribution in [0.5, 0.6) is 5.75 Å². The fourth-order valence-electron chi connectivity index (χ4n) is 3.00. The molecule has 0 aliphatic carbocycles. The Kier molecular flexibility index (Phi) is 20.4. The van der Waals surface area contributed by atoms with Crippen LogP contribution in [-0.4, -0.2) is 83.1 Å². The Balaban J connectivity index is 1.82. The molecule has 0 N–H and O–H groups in total. The molecule has 0 aromatic heterocycles. The van der Waals surface area contributed by atoms with Crippen LogP contribution in [0, 0.1) is 10.1 Å². The Bertz CT molecular complexity index is 758. The molecule has 1 rings (SSSR count). The third kappa shape index (κ3) is 19.3. The fourth-order valence-corrected chi connectivity index (χ4v) is 3.00. The van der Waals surface area contributed by atoms with Gasteiger partial charge in [-0.25, -0.2) is 4.79 Å². The minimum atomic E-state index is -0.940. The topological polar surface area (TPSA) is 142 Å². The van der Waals surface area contributed by atoms with Crippen LogP contribution in [0.2, 0.25) is 0 Å². The van der Waals surface area contributed by atoms with Crippen LogP contribution < -0.4 is 4.74 Å². The molecule has 12 heteroatoms. The van der Waals surface area contributed by atoms with Crippen LogP contribution in [0.25, 0.3) is 0 Å². The maximum atomic E-state index is 11.7. The molecule has 216 valence electrons. The number of rotatable bonds is 24. The van der Waals surface area contributed by atoms with Gasteiger partial charge in [-0.15, -0.1) is 0 Å². The van der Waals surface area contributed by atoms with Crippen molar-refractivity contribution in [2.24, 2.45) is 0 Å². The molecule has 1 aromatic rings. The van der Waals surface area contributed by atoms with E-state index in [4.69, 9.17) is 33.2 Å². The summed E-state index contributed by atoms with van der Waals surface area (Å²) in [6.45, 7) is 5.63. The van der Waals surface area contributed by atoms with Crippen LogP contribution in [0.1, 0.15) is 51.9 Å². The molecule has 0 aliphatic rings. The predicted molar refractivity (Wildman–Crippen MR) is 137 cm³/mol. The minimum absolute atomic E-state index is 0.0285. The fraction of sp³-hybridized carbons (Fsp3) is 0.692. The molecule has 0 atom stereocenters. The van der Waals surface area contributed by atoms with Crippen LogP contribution in [-0.2, 0) is 33.2 Å². The van der Waals surface area contributed by atoms with Crippen LogP contribution in [0.4, 0.5) is 10.5 Å². The smallest absolute Gasteiger partial charge is 0.463 e. The predicted octanol–water partition coefficient (Wildman–Crippen LogP) is 4.47. The van der Waals surface area contributed by atoms with Gasteiger partial charge in [0.25, 0.3) is 5.69 Å². The van der Waals surface area contributed by atoms with Gasteiger partial charge in [0.05, 0.1) is 44.6 Å². The van der Waals surface area contributed by atoms with E-state index in [1.807, 2.05) is 0 Å². The van der Waals surface area contributed by atoms with E-state index >= 15 is 0 Å². The second-order valence-electron chi connectivity index (χ2n) is 8.14. The van der Waals surface area contributed by atoms with Gasteiger partial charge >= 0.3 is 12.1 Å². The summed E-state index contributed by atoms with van der Waals surface area (Å²) >= 11 is 0. The molecular weight excluding hydrogens is 502 g/mol. The van der Waals surface area contributed by atoms with E-state index in [9.17, 15) is 19.7 Å². The Morgan fingerprint density at radius 2 is 1.21 bits per heavy atom.